The molecule has 3 heterocycles. The Kier molecular flexibility index (Phi) is 6.11. The van der Waals surface area contributed by atoms with E-state index in [1.165, 1.54) is 39.8 Å². The fourth-order valence-electron chi connectivity index (χ4n) is 3.29. The Hall–Kier alpha value is -2.37. The van der Waals surface area contributed by atoms with Crippen LogP contribution in [-0.4, -0.2) is 60.9 Å². The molecule has 2 amide bonds. The van der Waals surface area contributed by atoms with Crippen molar-refractivity contribution in [3.05, 3.63) is 52.2 Å². The van der Waals surface area contributed by atoms with Crippen LogP contribution in [-0.2, 0) is 20.8 Å². The van der Waals surface area contributed by atoms with Crippen molar-refractivity contribution >= 4 is 52.6 Å². The number of carboxylic acid groups (broad SMARTS) is 1. The second-order valence-corrected chi connectivity index (χ2v) is 10.3. The van der Waals surface area contributed by atoms with Crippen LogP contribution in [0, 0.1) is 6.92 Å². The summed E-state index contributed by atoms with van der Waals surface area (Å²) in [6.07, 6.45) is 0.173. The number of hydrogen-bond donors (Lipinski definition) is 2. The number of amides is 2. The molecule has 0 saturated carbocycles. The van der Waals surface area contributed by atoms with Crippen molar-refractivity contribution in [3.8, 4) is 0 Å². The first-order chi connectivity index (χ1) is 14.4. The van der Waals surface area contributed by atoms with Crippen LogP contribution >= 0.6 is 34.9 Å². The summed E-state index contributed by atoms with van der Waals surface area (Å²) < 4.78 is 0.762. The number of β-lactam (4-membered cyclic amide) rings is 1. The average Bonchev–Trinajstić information content (AvgIpc) is 3.15. The van der Waals surface area contributed by atoms with Gasteiger partial charge in [-0.25, -0.2) is 4.79 Å². The Labute approximate surface area is 185 Å². The van der Waals surface area contributed by atoms with Gasteiger partial charge in [0.25, 0.3) is 5.91 Å². The number of carbonyl (C=O) groups excluding carboxylic acids is 2. The maximum absolute atomic E-state index is 12.7. The normalized spacial score (nSPS) is 20.6. The van der Waals surface area contributed by atoms with Crippen LogP contribution < -0.4 is 5.32 Å². The van der Waals surface area contributed by atoms with Gasteiger partial charge in [-0.15, -0.1) is 22.0 Å². The van der Waals surface area contributed by atoms with Crippen molar-refractivity contribution in [1.29, 1.82) is 0 Å². The van der Waals surface area contributed by atoms with Gasteiger partial charge in [0, 0.05) is 11.5 Å². The van der Waals surface area contributed by atoms with Gasteiger partial charge in [0.15, 0.2) is 4.34 Å². The summed E-state index contributed by atoms with van der Waals surface area (Å²) in [4.78, 5) is 38.2. The number of rotatable bonds is 7. The Morgan fingerprint density at radius 2 is 2.07 bits per heavy atom. The lowest BCUT2D eigenvalue weighted by atomic mass is 10.0. The predicted octanol–water partition coefficient (Wildman–Crippen LogP) is 1.92. The molecule has 1 aromatic heterocycles. The number of benzene rings is 1. The molecule has 1 aromatic carbocycles. The van der Waals surface area contributed by atoms with Crippen LogP contribution in [0.25, 0.3) is 0 Å². The molecule has 2 aliphatic heterocycles. The summed E-state index contributed by atoms with van der Waals surface area (Å²) in [5.74, 6) is -0.878. The fourth-order valence-corrected chi connectivity index (χ4v) is 6.59. The third-order valence-electron chi connectivity index (χ3n) is 4.65. The summed E-state index contributed by atoms with van der Waals surface area (Å²) in [5, 5.41) is 20.9. The molecule has 156 valence electrons. The minimum Gasteiger partial charge on any atom is -0.477 e. The molecule has 0 unspecified atom stereocenters. The summed E-state index contributed by atoms with van der Waals surface area (Å²) in [7, 11) is 0. The van der Waals surface area contributed by atoms with Gasteiger partial charge in [-0.1, -0.05) is 53.4 Å². The number of nitrogens with zero attached hydrogens (tertiary/aromatic N) is 3. The number of fused-ring (bicyclic) bond motifs is 1. The van der Waals surface area contributed by atoms with Gasteiger partial charge in [-0.3, -0.25) is 14.5 Å². The molecule has 0 aliphatic carbocycles. The van der Waals surface area contributed by atoms with Crippen molar-refractivity contribution in [3.63, 3.8) is 0 Å². The lowest BCUT2D eigenvalue weighted by Gasteiger charge is -2.49. The molecule has 2 aliphatic rings. The average molecular weight is 463 g/mol. The molecule has 0 radical (unpaired) electrons. The monoisotopic (exact) mass is 462 g/mol. The summed E-state index contributed by atoms with van der Waals surface area (Å²) in [6, 6.07) is 8.55. The first-order valence-electron chi connectivity index (χ1n) is 9.10. The van der Waals surface area contributed by atoms with Crippen LogP contribution in [0.4, 0.5) is 0 Å². The number of hydrogen-bond acceptors (Lipinski definition) is 8. The van der Waals surface area contributed by atoms with Gasteiger partial charge in [0.05, 0.1) is 6.42 Å². The first kappa shape index (κ1) is 20.9. The maximum Gasteiger partial charge on any atom is 0.352 e. The fraction of sp³-hybridized carbons (Fsp3) is 0.316. The Balaban J connectivity index is 1.43. The summed E-state index contributed by atoms with van der Waals surface area (Å²) in [6.45, 7) is 1.86. The Bertz CT molecular complexity index is 1020. The number of nitrogens with one attached hydrogen (secondary N) is 1. The van der Waals surface area contributed by atoms with Gasteiger partial charge in [-0.2, -0.15) is 0 Å². The highest BCUT2D eigenvalue weighted by Crippen LogP contribution is 2.41. The van der Waals surface area contributed by atoms with Gasteiger partial charge in [0.1, 0.15) is 22.1 Å². The van der Waals surface area contributed by atoms with E-state index in [1.807, 2.05) is 37.3 Å². The van der Waals surface area contributed by atoms with E-state index in [2.05, 4.69) is 15.5 Å². The highest BCUT2D eigenvalue weighted by molar-refractivity contribution is 8.01. The molecule has 0 bridgehead atoms. The zero-order valence-corrected chi connectivity index (χ0v) is 18.4. The minimum absolute atomic E-state index is 0.0195. The number of aryl methyl sites for hydroxylation is 1. The zero-order valence-electron chi connectivity index (χ0n) is 15.9. The molecule has 1 fully saturated rings. The second-order valence-electron chi connectivity index (χ2n) is 6.75. The van der Waals surface area contributed by atoms with Gasteiger partial charge in [-0.05, 0) is 18.1 Å². The van der Waals surface area contributed by atoms with E-state index in [0.29, 0.717) is 17.1 Å². The SMILES string of the molecule is Cc1nnc(SCC2=C(C(=O)O)N3C(=O)[C@@H](NC(=O)Cc4ccccc4)[C@H]3SC2)s1. The molecular formula is C19H18N4O4S3. The lowest BCUT2D eigenvalue weighted by Crippen LogP contribution is -2.70. The van der Waals surface area contributed by atoms with Crippen LogP contribution in [0.15, 0.2) is 45.9 Å². The van der Waals surface area contributed by atoms with E-state index in [4.69, 9.17) is 0 Å². The number of aromatic nitrogens is 2. The third-order valence-corrected chi connectivity index (χ3v) is 8.05. The number of carboxylic acids is 1. The Morgan fingerprint density at radius 1 is 1.30 bits per heavy atom. The first-order valence-corrected chi connectivity index (χ1v) is 12.0. The quantitative estimate of drug-likeness (QED) is 0.474. The minimum atomic E-state index is -1.13. The van der Waals surface area contributed by atoms with Crippen molar-refractivity contribution in [2.75, 3.05) is 11.5 Å². The smallest absolute Gasteiger partial charge is 0.352 e. The largest absolute Gasteiger partial charge is 0.477 e. The summed E-state index contributed by atoms with van der Waals surface area (Å²) >= 11 is 4.32. The topological polar surface area (TPSA) is 112 Å². The van der Waals surface area contributed by atoms with Gasteiger partial charge < -0.3 is 10.4 Å². The molecular weight excluding hydrogens is 444 g/mol. The number of aliphatic carboxylic acids is 1. The highest BCUT2D eigenvalue weighted by Gasteiger charge is 2.54. The van der Waals surface area contributed by atoms with E-state index >= 15 is 0 Å². The highest BCUT2D eigenvalue weighted by atomic mass is 32.2. The molecule has 2 aromatic rings. The van der Waals surface area contributed by atoms with Gasteiger partial charge >= 0.3 is 5.97 Å². The van der Waals surface area contributed by atoms with E-state index in [-0.39, 0.29) is 23.9 Å². The predicted molar refractivity (Wildman–Crippen MR) is 115 cm³/mol. The number of carbonyl (C=O) groups is 3. The molecule has 2 atom stereocenters. The van der Waals surface area contributed by atoms with Crippen LogP contribution in [0.2, 0.25) is 0 Å². The molecule has 8 nitrogen and oxygen atoms in total. The van der Waals surface area contributed by atoms with Crippen molar-refractivity contribution in [2.24, 2.45) is 0 Å². The van der Waals surface area contributed by atoms with E-state index in [0.717, 1.165) is 14.9 Å². The van der Waals surface area contributed by atoms with Crippen molar-refractivity contribution in [1.82, 2.24) is 20.4 Å². The zero-order chi connectivity index (χ0) is 21.3. The summed E-state index contributed by atoms with van der Waals surface area (Å²) in [5.41, 5.74) is 1.54. The van der Waals surface area contributed by atoms with Crippen LogP contribution in [0.5, 0.6) is 0 Å². The molecule has 0 spiro atoms. The molecule has 11 heteroatoms. The van der Waals surface area contributed by atoms with E-state index in [9.17, 15) is 19.5 Å². The third kappa shape index (κ3) is 4.23. The van der Waals surface area contributed by atoms with E-state index in [1.54, 1.807) is 0 Å². The van der Waals surface area contributed by atoms with Crippen LogP contribution in [0.3, 0.4) is 0 Å². The van der Waals surface area contributed by atoms with E-state index < -0.39 is 17.4 Å². The molecule has 2 N–H and O–H groups in total. The molecule has 1 saturated heterocycles. The van der Waals surface area contributed by atoms with Crippen molar-refractivity contribution in [2.45, 2.75) is 29.1 Å². The van der Waals surface area contributed by atoms with Crippen molar-refractivity contribution < 1.29 is 19.5 Å². The Morgan fingerprint density at radius 3 is 2.73 bits per heavy atom. The second kappa shape index (κ2) is 8.78. The standard InChI is InChI=1S/C19H18N4O4S3/c1-10-21-22-19(30-10)29-9-12-8-28-17-14(16(25)23(17)15(12)18(26)27)20-13(24)7-11-5-3-2-4-6-11/h2-6,14,17H,7-9H2,1H3,(H,20,24)(H,26,27)/t14-,17-/m1/s1. The van der Waals surface area contributed by atoms with Gasteiger partial charge in [0.2, 0.25) is 5.91 Å². The molecule has 4 rings (SSSR count). The molecule has 30 heavy (non-hydrogen) atoms. The van der Waals surface area contributed by atoms with Crippen LogP contribution in [0.1, 0.15) is 10.6 Å². The number of thioether (sulfide) groups is 2. The maximum atomic E-state index is 12.7. The lowest BCUT2D eigenvalue weighted by molar-refractivity contribution is -0.150.